The van der Waals surface area contributed by atoms with Crippen LogP contribution in [-0.4, -0.2) is 39.6 Å². The van der Waals surface area contributed by atoms with Gasteiger partial charge in [0.05, 0.1) is 12.5 Å². The van der Waals surface area contributed by atoms with Crippen LogP contribution in [0, 0.1) is 11.6 Å². The molecular formula is C18H22F2N4O. The van der Waals surface area contributed by atoms with E-state index in [-0.39, 0.29) is 30.5 Å². The second kappa shape index (κ2) is 7.31. The third kappa shape index (κ3) is 3.87. The average Bonchev–Trinajstić information content (AvgIpc) is 3.20. The number of hydrogen-bond acceptors (Lipinski definition) is 3. The number of benzene rings is 1. The van der Waals surface area contributed by atoms with Crippen molar-refractivity contribution in [1.29, 1.82) is 0 Å². The summed E-state index contributed by atoms with van der Waals surface area (Å²) in [6.45, 7) is 4.90. The number of rotatable bonds is 5. The Kier molecular flexibility index (Phi) is 5.13. The largest absolute Gasteiger partial charge is 0.351 e. The van der Waals surface area contributed by atoms with Gasteiger partial charge in [-0.3, -0.25) is 14.8 Å². The molecule has 2 N–H and O–H groups in total. The van der Waals surface area contributed by atoms with Gasteiger partial charge in [-0.05, 0) is 44.0 Å². The number of nitrogens with zero attached hydrogens (tertiary/aromatic N) is 2. The number of hydrogen-bond donors (Lipinski definition) is 2. The Labute approximate surface area is 145 Å². The summed E-state index contributed by atoms with van der Waals surface area (Å²) in [7, 11) is 0. The van der Waals surface area contributed by atoms with Gasteiger partial charge in [-0.15, -0.1) is 0 Å². The molecule has 134 valence electrons. The van der Waals surface area contributed by atoms with Gasteiger partial charge in [0.1, 0.15) is 0 Å². The number of aromatic nitrogens is 2. The van der Waals surface area contributed by atoms with Crippen molar-refractivity contribution in [3.8, 4) is 0 Å². The maximum Gasteiger partial charge on any atom is 0.226 e. The first kappa shape index (κ1) is 17.5. The molecule has 25 heavy (non-hydrogen) atoms. The maximum absolute atomic E-state index is 13.7. The Bertz CT molecular complexity index is 733. The molecule has 0 radical (unpaired) electrons. The SMILES string of the molecule is CC(C)N1CC[C@@H](NC(=O)Cc2ccn[nH]2)[C@H]1c1ccc(F)c(F)c1. The molecule has 3 rings (SSSR count). The monoisotopic (exact) mass is 348 g/mol. The van der Waals surface area contributed by atoms with Crippen LogP contribution in [0.4, 0.5) is 8.78 Å². The highest BCUT2D eigenvalue weighted by Gasteiger charge is 2.37. The molecule has 0 unspecified atom stereocenters. The number of nitrogens with one attached hydrogen (secondary N) is 2. The van der Waals surface area contributed by atoms with Gasteiger partial charge in [0.25, 0.3) is 0 Å². The molecular weight excluding hydrogens is 326 g/mol. The molecule has 5 nitrogen and oxygen atoms in total. The number of halogens is 2. The van der Waals surface area contributed by atoms with E-state index in [1.807, 2.05) is 0 Å². The molecule has 1 amide bonds. The van der Waals surface area contributed by atoms with Gasteiger partial charge in [0, 0.05) is 30.5 Å². The first-order valence-electron chi connectivity index (χ1n) is 8.44. The van der Waals surface area contributed by atoms with E-state index >= 15 is 0 Å². The van der Waals surface area contributed by atoms with Crippen molar-refractivity contribution in [3.05, 3.63) is 53.4 Å². The van der Waals surface area contributed by atoms with Crippen LogP contribution in [0.15, 0.2) is 30.5 Å². The number of carbonyl (C=O) groups excluding carboxylic acids is 1. The van der Waals surface area contributed by atoms with Crippen molar-refractivity contribution >= 4 is 5.91 Å². The van der Waals surface area contributed by atoms with Crippen molar-refractivity contribution in [2.45, 2.75) is 44.8 Å². The predicted octanol–water partition coefficient (Wildman–Crippen LogP) is 2.57. The summed E-state index contributed by atoms with van der Waals surface area (Å²) in [6, 6.07) is 5.62. The fourth-order valence-corrected chi connectivity index (χ4v) is 3.48. The highest BCUT2D eigenvalue weighted by atomic mass is 19.2. The molecule has 0 saturated carbocycles. The Balaban J connectivity index is 1.79. The summed E-state index contributed by atoms with van der Waals surface area (Å²) in [5.41, 5.74) is 1.41. The van der Waals surface area contributed by atoms with Crippen LogP contribution in [0.3, 0.4) is 0 Å². The summed E-state index contributed by atoms with van der Waals surface area (Å²) in [4.78, 5) is 14.5. The van der Waals surface area contributed by atoms with Crippen molar-refractivity contribution in [2.75, 3.05) is 6.54 Å². The highest BCUT2D eigenvalue weighted by molar-refractivity contribution is 5.78. The molecule has 0 spiro atoms. The number of likely N-dealkylation sites (tertiary alicyclic amines) is 1. The molecule has 2 heterocycles. The first-order chi connectivity index (χ1) is 12.0. The molecule has 0 aliphatic carbocycles. The van der Waals surface area contributed by atoms with Crippen LogP contribution in [0.1, 0.15) is 37.6 Å². The van der Waals surface area contributed by atoms with Crippen LogP contribution < -0.4 is 5.32 Å². The Morgan fingerprint density at radius 1 is 1.36 bits per heavy atom. The molecule has 1 aliphatic heterocycles. The Morgan fingerprint density at radius 2 is 2.16 bits per heavy atom. The molecule has 1 fully saturated rings. The molecule has 1 aliphatic rings. The Hall–Kier alpha value is -2.28. The molecule has 0 bridgehead atoms. The molecule has 1 aromatic carbocycles. The van der Waals surface area contributed by atoms with Gasteiger partial charge in [-0.25, -0.2) is 8.78 Å². The summed E-state index contributed by atoms with van der Waals surface area (Å²) in [6.07, 6.45) is 2.57. The number of H-pyrrole nitrogens is 1. The van der Waals surface area contributed by atoms with Crippen molar-refractivity contribution in [3.63, 3.8) is 0 Å². The standard InChI is InChI=1S/C18H22F2N4O/c1-11(2)24-8-6-16(22-17(25)10-13-5-7-21-23-13)18(24)12-3-4-14(19)15(20)9-12/h3-5,7,9,11,16,18H,6,8,10H2,1-2H3,(H,21,23)(H,22,25)/t16-,18-/m1/s1. The molecule has 7 heteroatoms. The summed E-state index contributed by atoms with van der Waals surface area (Å²) in [5.74, 6) is -1.85. The predicted molar refractivity (Wildman–Crippen MR) is 89.8 cm³/mol. The van der Waals surface area contributed by atoms with Crippen LogP contribution in [-0.2, 0) is 11.2 Å². The van der Waals surface area contributed by atoms with Crippen molar-refractivity contribution in [2.24, 2.45) is 0 Å². The third-order valence-corrected chi connectivity index (χ3v) is 4.64. The van der Waals surface area contributed by atoms with Gasteiger partial charge >= 0.3 is 0 Å². The summed E-state index contributed by atoms with van der Waals surface area (Å²) >= 11 is 0. The normalized spacial score (nSPS) is 21.0. The number of carbonyl (C=O) groups is 1. The smallest absolute Gasteiger partial charge is 0.226 e. The van der Waals surface area contributed by atoms with E-state index in [0.29, 0.717) is 5.56 Å². The fraction of sp³-hybridized carbons (Fsp3) is 0.444. The molecule has 2 aromatic rings. The van der Waals surface area contributed by atoms with Gasteiger partial charge in [-0.2, -0.15) is 5.10 Å². The van der Waals surface area contributed by atoms with E-state index in [1.165, 1.54) is 6.07 Å². The van der Waals surface area contributed by atoms with E-state index in [9.17, 15) is 13.6 Å². The van der Waals surface area contributed by atoms with Gasteiger partial charge < -0.3 is 5.32 Å². The lowest BCUT2D eigenvalue weighted by Gasteiger charge is -2.32. The zero-order valence-corrected chi connectivity index (χ0v) is 14.3. The van der Waals surface area contributed by atoms with Crippen LogP contribution in [0.5, 0.6) is 0 Å². The lowest BCUT2D eigenvalue weighted by Crippen LogP contribution is -2.42. The zero-order valence-electron chi connectivity index (χ0n) is 14.3. The highest BCUT2D eigenvalue weighted by Crippen LogP contribution is 2.34. The molecule has 1 aromatic heterocycles. The quantitative estimate of drug-likeness (QED) is 0.873. The lowest BCUT2D eigenvalue weighted by molar-refractivity contribution is -0.121. The molecule has 2 atom stereocenters. The lowest BCUT2D eigenvalue weighted by atomic mass is 9.98. The number of amides is 1. The fourth-order valence-electron chi connectivity index (χ4n) is 3.48. The first-order valence-corrected chi connectivity index (χ1v) is 8.44. The Morgan fingerprint density at radius 3 is 2.80 bits per heavy atom. The van der Waals surface area contributed by atoms with E-state index in [4.69, 9.17) is 0 Å². The topological polar surface area (TPSA) is 61.0 Å². The van der Waals surface area contributed by atoms with E-state index in [1.54, 1.807) is 18.3 Å². The van der Waals surface area contributed by atoms with E-state index in [0.717, 1.165) is 24.7 Å². The second-order valence-corrected chi connectivity index (χ2v) is 6.67. The van der Waals surface area contributed by atoms with Gasteiger partial charge in [0.2, 0.25) is 5.91 Å². The van der Waals surface area contributed by atoms with E-state index in [2.05, 4.69) is 34.3 Å². The number of aromatic amines is 1. The van der Waals surface area contributed by atoms with Gasteiger partial charge in [-0.1, -0.05) is 6.07 Å². The average molecular weight is 348 g/mol. The second-order valence-electron chi connectivity index (χ2n) is 6.67. The van der Waals surface area contributed by atoms with Gasteiger partial charge in [0.15, 0.2) is 11.6 Å². The molecule has 1 saturated heterocycles. The minimum absolute atomic E-state index is 0.118. The van der Waals surface area contributed by atoms with Crippen molar-refractivity contribution < 1.29 is 13.6 Å². The van der Waals surface area contributed by atoms with Crippen LogP contribution >= 0.6 is 0 Å². The minimum Gasteiger partial charge on any atom is -0.351 e. The maximum atomic E-state index is 13.7. The van der Waals surface area contributed by atoms with Crippen molar-refractivity contribution in [1.82, 2.24) is 20.4 Å². The summed E-state index contributed by atoms with van der Waals surface area (Å²) in [5, 5.41) is 9.64. The van der Waals surface area contributed by atoms with Crippen LogP contribution in [0.25, 0.3) is 0 Å². The minimum atomic E-state index is -0.865. The van der Waals surface area contributed by atoms with Crippen LogP contribution in [0.2, 0.25) is 0 Å². The third-order valence-electron chi connectivity index (χ3n) is 4.64. The van der Waals surface area contributed by atoms with E-state index < -0.39 is 11.6 Å². The zero-order chi connectivity index (χ0) is 18.0. The summed E-state index contributed by atoms with van der Waals surface area (Å²) < 4.78 is 27.0.